The average molecular weight is 292 g/mol. The molecule has 1 rings (SSSR count). The van der Waals surface area contributed by atoms with E-state index in [4.69, 9.17) is 0 Å². The van der Waals surface area contributed by atoms with Gasteiger partial charge < -0.3 is 5.32 Å². The monoisotopic (exact) mass is 292 g/mol. The molecule has 0 aliphatic heterocycles. The third-order valence-corrected chi connectivity index (χ3v) is 3.75. The highest BCUT2D eigenvalue weighted by atomic mass is 16.6. The molecule has 0 atom stereocenters. The molecule has 0 aliphatic rings. The van der Waals surface area contributed by atoms with Gasteiger partial charge in [-0.2, -0.15) is 0 Å². The maximum absolute atomic E-state index is 10.7. The molecule has 1 N–H and O–H groups in total. The topological polar surface area (TPSA) is 55.2 Å². The summed E-state index contributed by atoms with van der Waals surface area (Å²) in [5.41, 5.74) is 1.87. The number of nitrogens with zero attached hydrogens (tertiary/aromatic N) is 1. The van der Waals surface area contributed by atoms with Gasteiger partial charge in [0, 0.05) is 23.9 Å². The number of nitro groups is 1. The van der Waals surface area contributed by atoms with Gasteiger partial charge in [-0.25, -0.2) is 0 Å². The Morgan fingerprint density at radius 3 is 2.24 bits per heavy atom. The number of rotatable bonds is 11. The van der Waals surface area contributed by atoms with E-state index in [2.05, 4.69) is 12.2 Å². The van der Waals surface area contributed by atoms with Gasteiger partial charge in [0.05, 0.1) is 4.92 Å². The van der Waals surface area contributed by atoms with Crippen molar-refractivity contribution in [3.05, 3.63) is 33.9 Å². The van der Waals surface area contributed by atoms with Crippen molar-refractivity contribution >= 4 is 11.4 Å². The lowest BCUT2D eigenvalue weighted by atomic mass is 10.1. The molecule has 4 nitrogen and oxygen atoms in total. The molecule has 0 amide bonds. The Morgan fingerprint density at radius 2 is 1.67 bits per heavy atom. The molecule has 1 aromatic rings. The van der Waals surface area contributed by atoms with E-state index in [1.54, 1.807) is 19.1 Å². The first-order chi connectivity index (χ1) is 10.1. The van der Waals surface area contributed by atoms with Crippen LogP contribution in [0.15, 0.2) is 18.2 Å². The van der Waals surface area contributed by atoms with Crippen LogP contribution in [0, 0.1) is 17.0 Å². The van der Waals surface area contributed by atoms with E-state index >= 15 is 0 Å². The van der Waals surface area contributed by atoms with Crippen LogP contribution >= 0.6 is 0 Å². The second kappa shape index (κ2) is 10.2. The number of anilines is 1. The molecule has 0 unspecified atom stereocenters. The summed E-state index contributed by atoms with van der Waals surface area (Å²) in [6.07, 6.45) is 10.5. The van der Waals surface area contributed by atoms with Crippen molar-refractivity contribution in [2.75, 3.05) is 11.9 Å². The van der Waals surface area contributed by atoms with Crippen molar-refractivity contribution in [3.63, 3.8) is 0 Å². The molecule has 0 bridgehead atoms. The maximum Gasteiger partial charge on any atom is 0.272 e. The summed E-state index contributed by atoms with van der Waals surface area (Å²) >= 11 is 0. The van der Waals surface area contributed by atoms with Gasteiger partial charge in [-0.3, -0.25) is 10.1 Å². The van der Waals surface area contributed by atoms with Gasteiger partial charge in [0.2, 0.25) is 0 Å². The van der Waals surface area contributed by atoms with E-state index in [1.807, 2.05) is 6.07 Å². The van der Waals surface area contributed by atoms with Crippen LogP contribution < -0.4 is 5.32 Å². The molecular weight excluding hydrogens is 264 g/mol. The van der Waals surface area contributed by atoms with Crippen molar-refractivity contribution < 1.29 is 4.92 Å². The van der Waals surface area contributed by atoms with Crippen molar-refractivity contribution in [2.24, 2.45) is 0 Å². The van der Waals surface area contributed by atoms with E-state index in [1.165, 1.54) is 44.9 Å². The number of nitro benzene ring substituents is 1. The Labute approximate surface area is 128 Å². The molecular formula is C17H28N2O2. The summed E-state index contributed by atoms with van der Waals surface area (Å²) in [6, 6.07) is 5.21. The fourth-order valence-electron chi connectivity index (χ4n) is 2.46. The number of unbranched alkanes of at least 4 members (excludes halogenated alkanes) is 7. The smallest absolute Gasteiger partial charge is 0.272 e. The molecule has 118 valence electrons. The fraction of sp³-hybridized carbons (Fsp3) is 0.647. The van der Waals surface area contributed by atoms with Gasteiger partial charge in [-0.05, 0) is 25.5 Å². The Kier molecular flexibility index (Phi) is 8.48. The van der Waals surface area contributed by atoms with Crippen LogP contribution in [0.1, 0.15) is 63.9 Å². The first-order valence-electron chi connectivity index (χ1n) is 8.14. The number of benzene rings is 1. The molecule has 0 radical (unpaired) electrons. The van der Waals surface area contributed by atoms with Gasteiger partial charge in [0.25, 0.3) is 5.69 Å². The zero-order valence-corrected chi connectivity index (χ0v) is 13.4. The first-order valence-corrected chi connectivity index (χ1v) is 8.14. The standard InChI is InChI=1S/C17H28N2O2/c1-3-4-5-6-7-8-9-10-13-18-16-11-12-17(19(20)21)15(2)14-16/h11-12,14,18H,3-10,13H2,1-2H3. The second-order valence-electron chi connectivity index (χ2n) is 5.66. The van der Waals surface area contributed by atoms with Gasteiger partial charge in [-0.15, -0.1) is 0 Å². The summed E-state index contributed by atoms with van der Waals surface area (Å²) in [4.78, 5) is 10.4. The van der Waals surface area contributed by atoms with Crippen LogP contribution in [-0.4, -0.2) is 11.5 Å². The van der Waals surface area contributed by atoms with Gasteiger partial charge in [-0.1, -0.05) is 51.9 Å². The summed E-state index contributed by atoms with van der Waals surface area (Å²) in [7, 11) is 0. The predicted octanol–water partition coefficient (Wildman–Crippen LogP) is 5.46. The Morgan fingerprint density at radius 1 is 1.05 bits per heavy atom. The Bertz CT molecular complexity index is 433. The maximum atomic E-state index is 10.7. The summed E-state index contributed by atoms with van der Waals surface area (Å²) in [6.45, 7) is 4.96. The van der Waals surface area contributed by atoms with E-state index < -0.39 is 0 Å². The van der Waals surface area contributed by atoms with Gasteiger partial charge in [0.15, 0.2) is 0 Å². The lowest BCUT2D eigenvalue weighted by molar-refractivity contribution is -0.385. The highest BCUT2D eigenvalue weighted by molar-refractivity contribution is 5.53. The molecule has 21 heavy (non-hydrogen) atoms. The number of hydrogen-bond donors (Lipinski definition) is 1. The molecule has 0 spiro atoms. The second-order valence-corrected chi connectivity index (χ2v) is 5.66. The normalized spacial score (nSPS) is 10.6. The van der Waals surface area contributed by atoms with Crippen LogP contribution in [-0.2, 0) is 0 Å². The van der Waals surface area contributed by atoms with Gasteiger partial charge >= 0.3 is 0 Å². The lowest BCUT2D eigenvalue weighted by Crippen LogP contribution is -2.02. The third kappa shape index (κ3) is 7.11. The minimum absolute atomic E-state index is 0.188. The largest absolute Gasteiger partial charge is 0.385 e. The quantitative estimate of drug-likeness (QED) is 0.335. The van der Waals surface area contributed by atoms with Crippen molar-refractivity contribution in [2.45, 2.75) is 65.2 Å². The van der Waals surface area contributed by atoms with E-state index in [0.717, 1.165) is 18.7 Å². The zero-order valence-electron chi connectivity index (χ0n) is 13.4. The average Bonchev–Trinajstić information content (AvgIpc) is 2.45. The fourth-order valence-corrected chi connectivity index (χ4v) is 2.46. The van der Waals surface area contributed by atoms with E-state index in [9.17, 15) is 10.1 Å². The number of hydrogen-bond acceptors (Lipinski definition) is 3. The Balaban J connectivity index is 2.13. The third-order valence-electron chi connectivity index (χ3n) is 3.75. The van der Waals surface area contributed by atoms with E-state index in [0.29, 0.717) is 5.56 Å². The zero-order chi connectivity index (χ0) is 15.5. The highest BCUT2D eigenvalue weighted by Gasteiger charge is 2.09. The van der Waals surface area contributed by atoms with Crippen LogP contribution in [0.25, 0.3) is 0 Å². The van der Waals surface area contributed by atoms with Crippen molar-refractivity contribution in [1.29, 1.82) is 0 Å². The molecule has 0 saturated heterocycles. The number of aryl methyl sites for hydroxylation is 1. The van der Waals surface area contributed by atoms with E-state index in [-0.39, 0.29) is 10.6 Å². The van der Waals surface area contributed by atoms with Crippen LogP contribution in [0.4, 0.5) is 11.4 Å². The highest BCUT2D eigenvalue weighted by Crippen LogP contribution is 2.21. The summed E-state index contributed by atoms with van der Waals surface area (Å²) < 4.78 is 0. The predicted molar refractivity (Wildman–Crippen MR) is 88.9 cm³/mol. The molecule has 4 heteroatoms. The van der Waals surface area contributed by atoms with Crippen LogP contribution in [0.2, 0.25) is 0 Å². The minimum atomic E-state index is -0.336. The van der Waals surface area contributed by atoms with Crippen LogP contribution in [0.5, 0.6) is 0 Å². The summed E-state index contributed by atoms with van der Waals surface area (Å²) in [5.74, 6) is 0. The Hall–Kier alpha value is -1.58. The first kappa shape index (κ1) is 17.5. The summed E-state index contributed by atoms with van der Waals surface area (Å²) in [5, 5.41) is 14.1. The molecule has 0 aliphatic carbocycles. The molecule has 1 aromatic carbocycles. The van der Waals surface area contributed by atoms with Crippen molar-refractivity contribution in [1.82, 2.24) is 0 Å². The molecule has 0 heterocycles. The van der Waals surface area contributed by atoms with Crippen LogP contribution in [0.3, 0.4) is 0 Å². The molecule has 0 saturated carbocycles. The molecule has 0 aromatic heterocycles. The number of nitrogens with one attached hydrogen (secondary N) is 1. The minimum Gasteiger partial charge on any atom is -0.385 e. The van der Waals surface area contributed by atoms with Gasteiger partial charge in [0.1, 0.15) is 0 Å². The lowest BCUT2D eigenvalue weighted by Gasteiger charge is -2.07. The van der Waals surface area contributed by atoms with Crippen molar-refractivity contribution in [3.8, 4) is 0 Å². The SMILES string of the molecule is CCCCCCCCCCNc1ccc([N+](=O)[O-])c(C)c1. The molecule has 0 fully saturated rings.